The van der Waals surface area contributed by atoms with Gasteiger partial charge in [0.1, 0.15) is 0 Å². The molecule has 19 heavy (non-hydrogen) atoms. The van der Waals surface area contributed by atoms with E-state index in [1.807, 2.05) is 30.0 Å². The van der Waals surface area contributed by atoms with Gasteiger partial charge in [-0.2, -0.15) is 0 Å². The number of rotatable bonds is 5. The molecule has 0 amide bonds. The number of thioether (sulfide) groups is 1. The Bertz CT molecular complexity index is 413. The average molecular weight is 320 g/mol. The van der Waals surface area contributed by atoms with Crippen molar-refractivity contribution in [3.63, 3.8) is 0 Å². The molecule has 0 spiro atoms. The Morgan fingerprint density at radius 1 is 1.16 bits per heavy atom. The zero-order valence-electron chi connectivity index (χ0n) is 12.3. The molecule has 1 N–H and O–H groups in total. The van der Waals surface area contributed by atoms with Gasteiger partial charge in [0.15, 0.2) is 0 Å². The van der Waals surface area contributed by atoms with Gasteiger partial charge in [-0.25, -0.2) is 0 Å². The molecule has 1 aromatic rings. The molecule has 0 aromatic heterocycles. The minimum absolute atomic E-state index is 0.144. The van der Waals surface area contributed by atoms with Gasteiger partial charge in [-0.05, 0) is 44.9 Å². The van der Waals surface area contributed by atoms with Gasteiger partial charge in [0.2, 0.25) is 0 Å². The smallest absolute Gasteiger partial charge is 0.0603 e. The van der Waals surface area contributed by atoms with Crippen molar-refractivity contribution in [2.24, 2.45) is 5.92 Å². The third-order valence-electron chi connectivity index (χ3n) is 2.76. The first-order valence-electron chi connectivity index (χ1n) is 6.56. The Morgan fingerprint density at radius 2 is 1.79 bits per heavy atom. The van der Waals surface area contributed by atoms with Crippen molar-refractivity contribution < 1.29 is 0 Å². The van der Waals surface area contributed by atoms with Gasteiger partial charge in [0.05, 0.1) is 10.0 Å². The summed E-state index contributed by atoms with van der Waals surface area (Å²) in [5.74, 6) is 0.592. The molecule has 1 rings (SSSR count). The molecule has 0 saturated heterocycles. The first-order valence-corrected chi connectivity index (χ1v) is 8.19. The number of nitrogens with one attached hydrogen (secondary N) is 1. The highest BCUT2D eigenvalue weighted by atomic mass is 35.5. The van der Waals surface area contributed by atoms with E-state index in [0.717, 1.165) is 6.54 Å². The van der Waals surface area contributed by atoms with Gasteiger partial charge in [0, 0.05) is 22.2 Å². The summed E-state index contributed by atoms with van der Waals surface area (Å²) in [6, 6.07) is 5.84. The molecule has 0 saturated carbocycles. The van der Waals surface area contributed by atoms with Crippen LogP contribution in [0, 0.1) is 5.92 Å². The Kier molecular flexibility index (Phi) is 6.52. The summed E-state index contributed by atoms with van der Waals surface area (Å²) in [6.45, 7) is 12.0. The molecule has 0 fully saturated rings. The standard InChI is InChI=1S/C15H23Cl2NS/c1-10(2)14(9-18-15(3,4)5)19-11-6-7-12(16)13(17)8-11/h6-8,10,14,18H,9H2,1-5H3. The summed E-state index contributed by atoms with van der Waals surface area (Å²) in [4.78, 5) is 1.17. The van der Waals surface area contributed by atoms with Crippen LogP contribution in [0.1, 0.15) is 34.6 Å². The summed E-state index contributed by atoms with van der Waals surface area (Å²) in [5.41, 5.74) is 0.144. The van der Waals surface area contributed by atoms with Gasteiger partial charge < -0.3 is 5.32 Å². The molecule has 4 heteroatoms. The molecule has 1 unspecified atom stereocenters. The van der Waals surface area contributed by atoms with Crippen molar-refractivity contribution >= 4 is 35.0 Å². The number of halogens is 2. The highest BCUT2D eigenvalue weighted by molar-refractivity contribution is 8.00. The normalized spacial score (nSPS) is 13.9. The maximum atomic E-state index is 6.07. The predicted octanol–water partition coefficient (Wildman–Crippen LogP) is 5.50. The second kappa shape index (κ2) is 7.21. The second-order valence-corrected chi connectivity index (χ2v) is 8.23. The lowest BCUT2D eigenvalue weighted by molar-refractivity contribution is 0.408. The Morgan fingerprint density at radius 3 is 2.26 bits per heavy atom. The molecule has 0 bridgehead atoms. The van der Waals surface area contributed by atoms with E-state index in [-0.39, 0.29) is 5.54 Å². The van der Waals surface area contributed by atoms with Crippen LogP contribution in [-0.2, 0) is 0 Å². The molecule has 0 aliphatic rings. The van der Waals surface area contributed by atoms with E-state index < -0.39 is 0 Å². The number of hydrogen-bond donors (Lipinski definition) is 1. The molecule has 108 valence electrons. The third kappa shape index (κ3) is 6.40. The van der Waals surface area contributed by atoms with Crippen LogP contribution in [0.4, 0.5) is 0 Å². The van der Waals surface area contributed by atoms with Crippen LogP contribution in [0.2, 0.25) is 10.0 Å². The fourth-order valence-corrected chi connectivity index (χ4v) is 3.03. The van der Waals surface area contributed by atoms with Gasteiger partial charge in [-0.1, -0.05) is 37.0 Å². The Labute approximate surface area is 131 Å². The molecule has 1 nitrogen and oxygen atoms in total. The highest BCUT2D eigenvalue weighted by Gasteiger charge is 2.18. The lowest BCUT2D eigenvalue weighted by Crippen LogP contribution is -2.41. The van der Waals surface area contributed by atoms with E-state index in [1.54, 1.807) is 0 Å². The van der Waals surface area contributed by atoms with Crippen molar-refractivity contribution in [3.05, 3.63) is 28.2 Å². The topological polar surface area (TPSA) is 12.0 Å². The largest absolute Gasteiger partial charge is 0.311 e. The molecular formula is C15H23Cl2NS. The third-order valence-corrected chi connectivity index (χ3v) is 5.03. The van der Waals surface area contributed by atoms with Gasteiger partial charge in [-0.15, -0.1) is 11.8 Å². The van der Waals surface area contributed by atoms with E-state index in [0.29, 0.717) is 21.2 Å². The fourth-order valence-electron chi connectivity index (χ4n) is 1.55. The van der Waals surface area contributed by atoms with Crippen molar-refractivity contribution in [1.29, 1.82) is 0 Å². The monoisotopic (exact) mass is 319 g/mol. The molecule has 0 heterocycles. The summed E-state index contributed by atoms with van der Waals surface area (Å²) in [5, 5.41) is 5.31. The lowest BCUT2D eigenvalue weighted by atomic mass is 10.1. The fraction of sp³-hybridized carbons (Fsp3) is 0.600. The quantitative estimate of drug-likeness (QED) is 0.719. The van der Waals surface area contributed by atoms with E-state index in [1.165, 1.54) is 4.90 Å². The lowest BCUT2D eigenvalue weighted by Gasteiger charge is -2.27. The molecule has 1 atom stereocenters. The van der Waals surface area contributed by atoms with E-state index >= 15 is 0 Å². The maximum absolute atomic E-state index is 6.07. The van der Waals surface area contributed by atoms with Crippen molar-refractivity contribution in [2.45, 2.75) is 50.3 Å². The van der Waals surface area contributed by atoms with Gasteiger partial charge in [-0.3, -0.25) is 0 Å². The molecular weight excluding hydrogens is 297 g/mol. The van der Waals surface area contributed by atoms with Crippen LogP contribution in [-0.4, -0.2) is 17.3 Å². The van der Waals surface area contributed by atoms with Gasteiger partial charge in [0.25, 0.3) is 0 Å². The zero-order valence-corrected chi connectivity index (χ0v) is 14.6. The van der Waals surface area contributed by atoms with Crippen molar-refractivity contribution in [3.8, 4) is 0 Å². The van der Waals surface area contributed by atoms with E-state index in [2.05, 4.69) is 39.9 Å². The summed E-state index contributed by atoms with van der Waals surface area (Å²) in [7, 11) is 0. The molecule has 0 aliphatic heterocycles. The number of benzene rings is 1. The van der Waals surface area contributed by atoms with Crippen molar-refractivity contribution in [2.75, 3.05) is 6.54 Å². The van der Waals surface area contributed by atoms with Crippen LogP contribution in [0.25, 0.3) is 0 Å². The van der Waals surface area contributed by atoms with Crippen LogP contribution in [0.5, 0.6) is 0 Å². The summed E-state index contributed by atoms with van der Waals surface area (Å²) in [6.07, 6.45) is 0. The predicted molar refractivity (Wildman–Crippen MR) is 88.7 cm³/mol. The van der Waals surface area contributed by atoms with Crippen LogP contribution >= 0.6 is 35.0 Å². The van der Waals surface area contributed by atoms with Crippen molar-refractivity contribution in [1.82, 2.24) is 5.32 Å². The maximum Gasteiger partial charge on any atom is 0.0603 e. The molecule has 1 aromatic carbocycles. The highest BCUT2D eigenvalue weighted by Crippen LogP contribution is 2.32. The van der Waals surface area contributed by atoms with Crippen LogP contribution in [0.3, 0.4) is 0 Å². The SMILES string of the molecule is CC(C)C(CNC(C)(C)C)Sc1ccc(Cl)c(Cl)c1. The van der Waals surface area contributed by atoms with E-state index in [9.17, 15) is 0 Å². The summed E-state index contributed by atoms with van der Waals surface area (Å²) >= 11 is 13.9. The average Bonchev–Trinajstić information content (AvgIpc) is 2.27. The zero-order chi connectivity index (χ0) is 14.6. The minimum Gasteiger partial charge on any atom is -0.311 e. The second-order valence-electron chi connectivity index (χ2n) is 6.11. The van der Waals surface area contributed by atoms with Gasteiger partial charge >= 0.3 is 0 Å². The first-order chi connectivity index (χ1) is 8.69. The molecule has 0 radical (unpaired) electrons. The number of hydrogen-bond acceptors (Lipinski definition) is 2. The Hall–Kier alpha value is 0.110. The van der Waals surface area contributed by atoms with Crippen LogP contribution < -0.4 is 5.32 Å². The first kappa shape index (κ1) is 17.2. The minimum atomic E-state index is 0.144. The summed E-state index contributed by atoms with van der Waals surface area (Å²) < 4.78 is 0. The van der Waals surface area contributed by atoms with Crippen LogP contribution in [0.15, 0.2) is 23.1 Å². The van der Waals surface area contributed by atoms with E-state index in [4.69, 9.17) is 23.2 Å². The molecule has 0 aliphatic carbocycles. The Balaban J connectivity index is 2.70.